The van der Waals surface area contributed by atoms with Gasteiger partial charge in [-0.3, -0.25) is 10.3 Å². The van der Waals surface area contributed by atoms with Gasteiger partial charge in [0.05, 0.1) is 21.9 Å². The Kier molecular flexibility index (Phi) is 6.88. The molecule has 3 rings (SSSR count). The molecule has 0 atom stereocenters. The molecular weight excluding hydrogens is 417 g/mol. The number of alkyl halides is 3. The minimum absolute atomic E-state index is 0.151. The molecule has 2 amide bonds. The summed E-state index contributed by atoms with van der Waals surface area (Å²) in [7, 11) is 0. The largest absolute Gasteiger partial charge is 0.417 e. The molecule has 2 aromatic heterocycles. The highest BCUT2D eigenvalue weighted by Crippen LogP contribution is 2.34. The molecule has 3 aromatic rings. The second-order valence-electron chi connectivity index (χ2n) is 6.82. The lowest BCUT2D eigenvalue weighted by Gasteiger charge is -2.08. The van der Waals surface area contributed by atoms with Crippen LogP contribution in [0.5, 0.6) is 0 Å². The van der Waals surface area contributed by atoms with Crippen molar-refractivity contribution in [1.29, 1.82) is 0 Å². The van der Waals surface area contributed by atoms with Crippen LogP contribution in [0.2, 0.25) is 0 Å². The zero-order valence-electron chi connectivity index (χ0n) is 16.4. The number of thiazole rings is 1. The first-order valence-corrected chi connectivity index (χ1v) is 10.1. The van der Waals surface area contributed by atoms with E-state index in [1.165, 1.54) is 17.5 Å². The standard InChI is InChI=1S/C20H21F3N4O2S/c1-12(2)29-7-3-6-25-18(28)27-19-26-16-5-4-13(9-17(16)30-19)14-8-15(11-24-10-14)20(21,22)23/h4-5,8-12H,3,6-7H2,1-2H3,(H2,25,26,27,28). The van der Waals surface area contributed by atoms with E-state index in [0.29, 0.717) is 41.3 Å². The minimum Gasteiger partial charge on any atom is -0.379 e. The average molecular weight is 438 g/mol. The molecule has 1 aromatic carbocycles. The minimum atomic E-state index is -4.46. The number of nitrogens with zero attached hydrogens (tertiary/aromatic N) is 2. The van der Waals surface area contributed by atoms with Crippen LogP contribution in [-0.2, 0) is 10.9 Å². The third-order valence-corrected chi connectivity index (χ3v) is 5.00. The maximum absolute atomic E-state index is 12.9. The average Bonchev–Trinajstić information content (AvgIpc) is 3.08. The zero-order valence-corrected chi connectivity index (χ0v) is 17.2. The topological polar surface area (TPSA) is 76.1 Å². The van der Waals surface area contributed by atoms with E-state index < -0.39 is 11.7 Å². The van der Waals surface area contributed by atoms with Gasteiger partial charge in [0.2, 0.25) is 0 Å². The van der Waals surface area contributed by atoms with Gasteiger partial charge in [-0.25, -0.2) is 9.78 Å². The molecule has 2 N–H and O–H groups in total. The number of hydrogen-bond donors (Lipinski definition) is 2. The van der Waals surface area contributed by atoms with Crippen molar-refractivity contribution >= 4 is 32.7 Å². The van der Waals surface area contributed by atoms with E-state index in [4.69, 9.17) is 4.74 Å². The monoisotopic (exact) mass is 438 g/mol. The van der Waals surface area contributed by atoms with Crippen molar-refractivity contribution in [3.63, 3.8) is 0 Å². The summed E-state index contributed by atoms with van der Waals surface area (Å²) in [6, 6.07) is 5.80. The fourth-order valence-electron chi connectivity index (χ4n) is 2.64. The Morgan fingerprint density at radius 2 is 2.00 bits per heavy atom. The Labute approximate surface area is 175 Å². The molecule has 0 bridgehead atoms. The molecule has 0 spiro atoms. The molecule has 0 saturated heterocycles. The summed E-state index contributed by atoms with van der Waals surface area (Å²) < 4.78 is 44.9. The molecule has 0 unspecified atom stereocenters. The third kappa shape index (κ3) is 5.90. The van der Waals surface area contributed by atoms with Gasteiger partial charge >= 0.3 is 12.2 Å². The number of hydrogen-bond acceptors (Lipinski definition) is 5. The molecule has 0 aliphatic rings. The molecular formula is C20H21F3N4O2S. The maximum atomic E-state index is 12.9. The third-order valence-electron chi connectivity index (χ3n) is 4.07. The van der Waals surface area contributed by atoms with Gasteiger partial charge in [0.25, 0.3) is 0 Å². The van der Waals surface area contributed by atoms with Crippen LogP contribution in [0.4, 0.5) is 23.1 Å². The van der Waals surface area contributed by atoms with E-state index in [1.54, 1.807) is 18.2 Å². The molecule has 2 heterocycles. The number of amides is 2. The van der Waals surface area contributed by atoms with Crippen molar-refractivity contribution in [2.45, 2.75) is 32.5 Å². The van der Waals surface area contributed by atoms with Crippen LogP contribution in [0.1, 0.15) is 25.8 Å². The first kappa shape index (κ1) is 22.0. The van der Waals surface area contributed by atoms with E-state index in [1.807, 2.05) is 13.8 Å². The number of pyridine rings is 1. The number of rotatable bonds is 7. The van der Waals surface area contributed by atoms with Gasteiger partial charge in [-0.15, -0.1) is 0 Å². The Morgan fingerprint density at radius 3 is 2.73 bits per heavy atom. The van der Waals surface area contributed by atoms with Crippen molar-refractivity contribution in [3.05, 3.63) is 42.2 Å². The number of ether oxygens (including phenoxy) is 1. The lowest BCUT2D eigenvalue weighted by atomic mass is 10.1. The maximum Gasteiger partial charge on any atom is 0.417 e. The molecule has 160 valence electrons. The molecule has 0 aliphatic heterocycles. The molecule has 0 aliphatic carbocycles. The number of benzene rings is 1. The van der Waals surface area contributed by atoms with E-state index >= 15 is 0 Å². The SMILES string of the molecule is CC(C)OCCCNC(=O)Nc1nc2ccc(-c3cncc(C(F)(F)F)c3)cc2s1. The summed E-state index contributed by atoms with van der Waals surface area (Å²) in [5, 5.41) is 5.81. The molecule has 0 fully saturated rings. The van der Waals surface area contributed by atoms with E-state index in [9.17, 15) is 18.0 Å². The predicted octanol–water partition coefficient (Wildman–Crippen LogP) is 5.31. The number of carbonyl (C=O) groups is 1. The van der Waals surface area contributed by atoms with Gasteiger partial charge in [0, 0.05) is 31.1 Å². The van der Waals surface area contributed by atoms with E-state index in [-0.39, 0.29) is 12.1 Å². The van der Waals surface area contributed by atoms with Crippen molar-refractivity contribution in [1.82, 2.24) is 15.3 Å². The fourth-order valence-corrected chi connectivity index (χ4v) is 3.55. The van der Waals surface area contributed by atoms with Crippen LogP contribution >= 0.6 is 11.3 Å². The summed E-state index contributed by atoms with van der Waals surface area (Å²) in [5.41, 5.74) is 0.786. The summed E-state index contributed by atoms with van der Waals surface area (Å²) in [5.74, 6) is 0. The summed E-state index contributed by atoms with van der Waals surface area (Å²) in [6.07, 6.45) is -1.43. The zero-order chi connectivity index (χ0) is 21.7. The second kappa shape index (κ2) is 9.40. The Morgan fingerprint density at radius 1 is 1.20 bits per heavy atom. The first-order valence-electron chi connectivity index (χ1n) is 9.32. The van der Waals surface area contributed by atoms with Gasteiger partial charge in [-0.05, 0) is 44.0 Å². The molecule has 30 heavy (non-hydrogen) atoms. The number of halogens is 3. The van der Waals surface area contributed by atoms with Crippen molar-refractivity contribution in [2.24, 2.45) is 0 Å². The highest BCUT2D eigenvalue weighted by molar-refractivity contribution is 7.22. The van der Waals surface area contributed by atoms with Gasteiger partial charge in [0.1, 0.15) is 0 Å². The van der Waals surface area contributed by atoms with Crippen LogP contribution in [0.25, 0.3) is 21.3 Å². The number of anilines is 1. The first-order chi connectivity index (χ1) is 14.2. The van der Waals surface area contributed by atoms with Gasteiger partial charge in [0.15, 0.2) is 5.13 Å². The number of fused-ring (bicyclic) bond motifs is 1. The Balaban J connectivity index is 1.66. The Bertz CT molecular complexity index is 1020. The predicted molar refractivity (Wildman–Crippen MR) is 111 cm³/mol. The quantitative estimate of drug-likeness (QED) is 0.490. The number of aromatic nitrogens is 2. The second-order valence-corrected chi connectivity index (χ2v) is 7.85. The van der Waals surface area contributed by atoms with Crippen LogP contribution in [0.3, 0.4) is 0 Å². The highest BCUT2D eigenvalue weighted by atomic mass is 32.1. The number of carbonyl (C=O) groups excluding carboxylic acids is 1. The van der Waals surface area contributed by atoms with Crippen LogP contribution < -0.4 is 10.6 Å². The summed E-state index contributed by atoms with van der Waals surface area (Å²) >= 11 is 1.24. The number of nitrogens with one attached hydrogen (secondary N) is 2. The van der Waals surface area contributed by atoms with Crippen LogP contribution in [-0.4, -0.2) is 35.3 Å². The van der Waals surface area contributed by atoms with E-state index in [2.05, 4.69) is 20.6 Å². The molecule has 6 nitrogen and oxygen atoms in total. The van der Waals surface area contributed by atoms with E-state index in [0.717, 1.165) is 17.0 Å². The fraction of sp³-hybridized carbons (Fsp3) is 0.350. The molecule has 10 heteroatoms. The summed E-state index contributed by atoms with van der Waals surface area (Å²) in [6.45, 7) is 4.92. The lowest BCUT2D eigenvalue weighted by molar-refractivity contribution is -0.137. The number of urea groups is 1. The lowest BCUT2D eigenvalue weighted by Crippen LogP contribution is -2.30. The molecule has 0 saturated carbocycles. The van der Waals surface area contributed by atoms with Crippen molar-refractivity contribution < 1.29 is 22.7 Å². The van der Waals surface area contributed by atoms with Crippen molar-refractivity contribution in [3.8, 4) is 11.1 Å². The summed E-state index contributed by atoms with van der Waals surface area (Å²) in [4.78, 5) is 20.0. The van der Waals surface area contributed by atoms with Gasteiger partial charge < -0.3 is 10.1 Å². The highest BCUT2D eigenvalue weighted by Gasteiger charge is 2.31. The van der Waals surface area contributed by atoms with Crippen molar-refractivity contribution in [2.75, 3.05) is 18.5 Å². The smallest absolute Gasteiger partial charge is 0.379 e. The normalized spacial score (nSPS) is 11.8. The Hall–Kier alpha value is -2.72. The molecule has 0 radical (unpaired) electrons. The van der Waals surface area contributed by atoms with Gasteiger partial charge in [-0.1, -0.05) is 17.4 Å². The van der Waals surface area contributed by atoms with Crippen LogP contribution in [0.15, 0.2) is 36.7 Å². The van der Waals surface area contributed by atoms with Crippen LogP contribution in [0, 0.1) is 0 Å². The van der Waals surface area contributed by atoms with Gasteiger partial charge in [-0.2, -0.15) is 13.2 Å².